The van der Waals surface area contributed by atoms with Gasteiger partial charge in [0.15, 0.2) is 0 Å². The van der Waals surface area contributed by atoms with E-state index in [2.05, 4.69) is 32.9 Å². The zero-order valence-corrected chi connectivity index (χ0v) is 13.8. The Kier molecular flexibility index (Phi) is 7.88. The van der Waals surface area contributed by atoms with E-state index in [-0.39, 0.29) is 5.97 Å². The highest BCUT2D eigenvalue weighted by Crippen LogP contribution is 2.23. The SMILES string of the molecule is CCOC(=O)CCCCCOc1ccc(C(C)C)c(C)c1. The number of unbranched alkanes of at least 4 members (excludes halogenated alkanes) is 2. The molecule has 0 aliphatic heterocycles. The average Bonchev–Trinajstić information content (AvgIpc) is 2.42. The molecule has 3 heteroatoms. The van der Waals surface area contributed by atoms with Crippen molar-refractivity contribution in [2.75, 3.05) is 13.2 Å². The quantitative estimate of drug-likeness (QED) is 0.492. The summed E-state index contributed by atoms with van der Waals surface area (Å²) in [4.78, 5) is 11.2. The van der Waals surface area contributed by atoms with Gasteiger partial charge in [0.2, 0.25) is 0 Å². The molecular formula is C18H28O3. The van der Waals surface area contributed by atoms with Gasteiger partial charge in [-0.2, -0.15) is 0 Å². The van der Waals surface area contributed by atoms with Crippen molar-refractivity contribution in [3.05, 3.63) is 29.3 Å². The van der Waals surface area contributed by atoms with Crippen LogP contribution in [0.3, 0.4) is 0 Å². The van der Waals surface area contributed by atoms with E-state index in [0.29, 0.717) is 25.6 Å². The summed E-state index contributed by atoms with van der Waals surface area (Å²) in [6, 6.07) is 6.30. The number of ether oxygens (including phenoxy) is 2. The van der Waals surface area contributed by atoms with Crippen molar-refractivity contribution in [1.29, 1.82) is 0 Å². The number of rotatable bonds is 9. The normalized spacial score (nSPS) is 10.7. The highest BCUT2D eigenvalue weighted by atomic mass is 16.5. The summed E-state index contributed by atoms with van der Waals surface area (Å²) in [6.07, 6.45) is 3.33. The maximum atomic E-state index is 11.2. The third-order valence-electron chi connectivity index (χ3n) is 3.46. The second kappa shape index (κ2) is 9.43. The van der Waals surface area contributed by atoms with Gasteiger partial charge in [0.1, 0.15) is 5.75 Å². The number of benzene rings is 1. The van der Waals surface area contributed by atoms with Crippen molar-refractivity contribution in [2.45, 2.75) is 59.3 Å². The number of esters is 1. The molecule has 0 aromatic heterocycles. The minimum absolute atomic E-state index is 0.0988. The van der Waals surface area contributed by atoms with Crippen LogP contribution < -0.4 is 4.74 Å². The largest absolute Gasteiger partial charge is 0.494 e. The molecule has 1 aromatic carbocycles. The van der Waals surface area contributed by atoms with E-state index in [4.69, 9.17) is 9.47 Å². The van der Waals surface area contributed by atoms with Gasteiger partial charge in [-0.3, -0.25) is 4.79 Å². The number of hydrogen-bond acceptors (Lipinski definition) is 3. The van der Waals surface area contributed by atoms with Gasteiger partial charge in [0, 0.05) is 6.42 Å². The minimum atomic E-state index is -0.0988. The number of aryl methyl sites for hydroxylation is 1. The highest BCUT2D eigenvalue weighted by molar-refractivity contribution is 5.69. The van der Waals surface area contributed by atoms with Crippen molar-refractivity contribution in [2.24, 2.45) is 0 Å². The van der Waals surface area contributed by atoms with Gasteiger partial charge >= 0.3 is 5.97 Å². The lowest BCUT2D eigenvalue weighted by molar-refractivity contribution is -0.143. The summed E-state index contributed by atoms with van der Waals surface area (Å²) in [5.74, 6) is 1.38. The summed E-state index contributed by atoms with van der Waals surface area (Å²) in [7, 11) is 0. The molecule has 0 saturated carbocycles. The van der Waals surface area contributed by atoms with E-state index in [1.807, 2.05) is 13.0 Å². The maximum Gasteiger partial charge on any atom is 0.305 e. The lowest BCUT2D eigenvalue weighted by Gasteiger charge is -2.12. The molecule has 0 amide bonds. The summed E-state index contributed by atoms with van der Waals surface area (Å²) in [6.45, 7) is 9.52. The summed E-state index contributed by atoms with van der Waals surface area (Å²) in [5, 5.41) is 0. The predicted octanol–water partition coefficient (Wildman–Crippen LogP) is 4.62. The Morgan fingerprint density at radius 1 is 1.19 bits per heavy atom. The predicted molar refractivity (Wildman–Crippen MR) is 85.9 cm³/mol. The molecule has 0 unspecified atom stereocenters. The molecule has 0 N–H and O–H groups in total. The molecule has 0 atom stereocenters. The van der Waals surface area contributed by atoms with E-state index >= 15 is 0 Å². The van der Waals surface area contributed by atoms with Crippen LogP contribution in [-0.4, -0.2) is 19.2 Å². The van der Waals surface area contributed by atoms with E-state index in [1.165, 1.54) is 11.1 Å². The van der Waals surface area contributed by atoms with Crippen LogP contribution in [0.15, 0.2) is 18.2 Å². The van der Waals surface area contributed by atoms with Crippen molar-refractivity contribution >= 4 is 5.97 Å². The van der Waals surface area contributed by atoms with Crippen LogP contribution in [0.2, 0.25) is 0 Å². The van der Waals surface area contributed by atoms with E-state index in [9.17, 15) is 4.79 Å². The fraction of sp³-hybridized carbons (Fsp3) is 0.611. The molecule has 0 saturated heterocycles. The van der Waals surface area contributed by atoms with E-state index in [1.54, 1.807) is 0 Å². The molecule has 0 spiro atoms. The second-order valence-electron chi connectivity index (χ2n) is 5.64. The van der Waals surface area contributed by atoms with Gasteiger partial charge in [-0.15, -0.1) is 0 Å². The fourth-order valence-corrected chi connectivity index (χ4v) is 2.36. The summed E-state index contributed by atoms with van der Waals surface area (Å²) < 4.78 is 10.7. The maximum absolute atomic E-state index is 11.2. The molecule has 0 heterocycles. The van der Waals surface area contributed by atoms with Crippen LogP contribution in [0.25, 0.3) is 0 Å². The van der Waals surface area contributed by atoms with Crippen LogP contribution in [0.1, 0.15) is 63.5 Å². The third-order valence-corrected chi connectivity index (χ3v) is 3.46. The van der Waals surface area contributed by atoms with Gasteiger partial charge in [-0.25, -0.2) is 0 Å². The van der Waals surface area contributed by atoms with Crippen molar-refractivity contribution in [3.63, 3.8) is 0 Å². The molecule has 118 valence electrons. The van der Waals surface area contributed by atoms with Crippen LogP contribution in [0, 0.1) is 6.92 Å². The summed E-state index contributed by atoms with van der Waals surface area (Å²) in [5.41, 5.74) is 2.65. The van der Waals surface area contributed by atoms with Gasteiger partial charge in [-0.05, 0) is 62.3 Å². The molecular weight excluding hydrogens is 264 g/mol. The van der Waals surface area contributed by atoms with Crippen LogP contribution >= 0.6 is 0 Å². The molecule has 0 aliphatic carbocycles. The van der Waals surface area contributed by atoms with E-state index < -0.39 is 0 Å². The van der Waals surface area contributed by atoms with Crippen LogP contribution in [0.5, 0.6) is 5.75 Å². The average molecular weight is 292 g/mol. The zero-order valence-electron chi connectivity index (χ0n) is 13.8. The molecule has 0 radical (unpaired) electrons. The number of hydrogen-bond donors (Lipinski definition) is 0. The molecule has 3 nitrogen and oxygen atoms in total. The van der Waals surface area contributed by atoms with Crippen molar-refractivity contribution < 1.29 is 14.3 Å². The molecule has 0 bridgehead atoms. The van der Waals surface area contributed by atoms with Crippen molar-refractivity contribution in [3.8, 4) is 5.75 Å². The Bertz CT molecular complexity index is 438. The standard InChI is InChI=1S/C18H28O3/c1-5-20-18(19)9-7-6-8-12-21-16-10-11-17(14(2)3)15(4)13-16/h10-11,13-14H,5-9,12H2,1-4H3. The van der Waals surface area contributed by atoms with Gasteiger partial charge in [0.25, 0.3) is 0 Å². The van der Waals surface area contributed by atoms with Gasteiger partial charge in [-0.1, -0.05) is 19.9 Å². The topological polar surface area (TPSA) is 35.5 Å². The molecule has 0 fully saturated rings. The first kappa shape index (κ1) is 17.5. The Morgan fingerprint density at radius 3 is 2.57 bits per heavy atom. The highest BCUT2D eigenvalue weighted by Gasteiger charge is 2.05. The minimum Gasteiger partial charge on any atom is -0.494 e. The van der Waals surface area contributed by atoms with Crippen molar-refractivity contribution in [1.82, 2.24) is 0 Å². The second-order valence-corrected chi connectivity index (χ2v) is 5.64. The molecule has 1 rings (SSSR count). The Labute approximate surface area is 128 Å². The van der Waals surface area contributed by atoms with Gasteiger partial charge < -0.3 is 9.47 Å². The molecule has 0 aliphatic rings. The first-order valence-corrected chi connectivity index (χ1v) is 7.93. The fourth-order valence-electron chi connectivity index (χ4n) is 2.36. The third kappa shape index (κ3) is 6.65. The van der Waals surface area contributed by atoms with Crippen LogP contribution in [0.4, 0.5) is 0 Å². The number of carbonyl (C=O) groups is 1. The lowest BCUT2D eigenvalue weighted by Crippen LogP contribution is -2.04. The Morgan fingerprint density at radius 2 is 1.95 bits per heavy atom. The zero-order chi connectivity index (χ0) is 15.7. The Hall–Kier alpha value is -1.51. The molecule has 1 aromatic rings. The van der Waals surface area contributed by atoms with Crippen LogP contribution in [-0.2, 0) is 9.53 Å². The first-order chi connectivity index (χ1) is 10.0. The first-order valence-electron chi connectivity index (χ1n) is 7.93. The van der Waals surface area contributed by atoms with E-state index in [0.717, 1.165) is 25.0 Å². The summed E-state index contributed by atoms with van der Waals surface area (Å²) >= 11 is 0. The monoisotopic (exact) mass is 292 g/mol. The Balaban J connectivity index is 2.21. The number of carbonyl (C=O) groups excluding carboxylic acids is 1. The smallest absolute Gasteiger partial charge is 0.305 e. The van der Waals surface area contributed by atoms with Gasteiger partial charge in [0.05, 0.1) is 13.2 Å². The lowest BCUT2D eigenvalue weighted by atomic mass is 9.98. The molecule has 21 heavy (non-hydrogen) atoms.